The Hall–Kier alpha value is -2.47. The highest BCUT2D eigenvalue weighted by molar-refractivity contribution is 7.92. The molecule has 0 saturated carbocycles. The van der Waals surface area contributed by atoms with Crippen molar-refractivity contribution < 1.29 is 28.1 Å². The normalized spacial score (nSPS) is 20.1. The molecule has 3 rings (SSSR count). The highest BCUT2D eigenvalue weighted by atomic mass is 32.2. The molecule has 11 heteroatoms. The Labute approximate surface area is 184 Å². The number of nitrogens with one attached hydrogen (secondary N) is 2. The molecule has 1 fully saturated rings. The van der Waals surface area contributed by atoms with E-state index in [1.807, 2.05) is 6.07 Å². The number of thiophene rings is 1. The van der Waals surface area contributed by atoms with Crippen LogP contribution in [-0.4, -0.2) is 45.5 Å². The van der Waals surface area contributed by atoms with Gasteiger partial charge in [0.05, 0.1) is 25.0 Å². The fourth-order valence-electron chi connectivity index (χ4n) is 3.84. The van der Waals surface area contributed by atoms with Gasteiger partial charge in [-0.3, -0.25) is 14.8 Å². The summed E-state index contributed by atoms with van der Waals surface area (Å²) in [6.45, 7) is 0. The number of carbonyl (C=O) groups excluding carboxylic acids is 2. The van der Waals surface area contributed by atoms with Crippen LogP contribution in [0.2, 0.25) is 0 Å². The Morgan fingerprint density at radius 1 is 1.26 bits per heavy atom. The number of hydrogen-bond donors (Lipinski definition) is 3. The minimum absolute atomic E-state index is 0.00333. The lowest BCUT2D eigenvalue weighted by Gasteiger charge is -2.35. The standard InChI is InChI=1S/C20H25N3O6S2/c1-21-19(25)23(29-2)15-7-5-6-14(12-15)16-8-9-17(30-16)20(13-18(24)22-26)10-3-4-11-31(20,27)28/h5-9,12,26H,3-4,10-11,13H2,1-2H3,(H,21,25)(H,22,24)/t20-/m0/s1. The van der Waals surface area contributed by atoms with Gasteiger partial charge >= 0.3 is 6.03 Å². The Balaban J connectivity index is 2.02. The van der Waals surface area contributed by atoms with E-state index >= 15 is 0 Å². The van der Waals surface area contributed by atoms with Crippen LogP contribution in [0.3, 0.4) is 0 Å². The molecule has 0 aliphatic carbocycles. The third-order valence-corrected chi connectivity index (χ3v) is 9.46. The Bertz CT molecular complexity index is 1070. The molecule has 2 heterocycles. The van der Waals surface area contributed by atoms with Gasteiger partial charge in [-0.05, 0) is 42.7 Å². The Morgan fingerprint density at radius 3 is 2.68 bits per heavy atom. The number of hydrogen-bond acceptors (Lipinski definition) is 7. The van der Waals surface area contributed by atoms with Gasteiger partial charge in [0.2, 0.25) is 5.91 Å². The first-order valence-corrected chi connectivity index (χ1v) is 12.2. The highest BCUT2D eigenvalue weighted by Gasteiger charge is 2.49. The zero-order valence-corrected chi connectivity index (χ0v) is 18.9. The van der Waals surface area contributed by atoms with E-state index in [0.29, 0.717) is 29.8 Å². The highest BCUT2D eigenvalue weighted by Crippen LogP contribution is 2.47. The van der Waals surface area contributed by atoms with E-state index < -0.39 is 26.5 Å². The molecule has 2 aromatic rings. The predicted molar refractivity (Wildman–Crippen MR) is 118 cm³/mol. The zero-order valence-electron chi connectivity index (χ0n) is 17.3. The van der Waals surface area contributed by atoms with Gasteiger partial charge in [-0.15, -0.1) is 11.3 Å². The summed E-state index contributed by atoms with van der Waals surface area (Å²) in [4.78, 5) is 30.5. The van der Waals surface area contributed by atoms with E-state index in [1.165, 1.54) is 25.5 Å². The average molecular weight is 468 g/mol. The van der Waals surface area contributed by atoms with Crippen molar-refractivity contribution in [3.8, 4) is 10.4 Å². The SMILES string of the molecule is CNC(=O)N(OC)c1cccc(-c2ccc([C@@]3(CC(=O)NO)CCCCS3(=O)=O)s2)c1. The van der Waals surface area contributed by atoms with E-state index in [1.54, 1.807) is 35.8 Å². The summed E-state index contributed by atoms with van der Waals surface area (Å²) < 4.78 is 24.8. The quantitative estimate of drug-likeness (QED) is 0.443. The van der Waals surface area contributed by atoms with Crippen LogP contribution in [0.15, 0.2) is 36.4 Å². The summed E-state index contributed by atoms with van der Waals surface area (Å²) in [5.41, 5.74) is 2.85. The summed E-state index contributed by atoms with van der Waals surface area (Å²) >= 11 is 1.29. The van der Waals surface area contributed by atoms with Crippen molar-refractivity contribution in [3.05, 3.63) is 41.3 Å². The fraction of sp³-hybridized carbons (Fsp3) is 0.400. The molecule has 1 aliphatic rings. The molecule has 168 valence electrons. The number of urea groups is 1. The lowest BCUT2D eigenvalue weighted by Crippen LogP contribution is -2.43. The van der Waals surface area contributed by atoms with E-state index in [-0.39, 0.29) is 12.2 Å². The van der Waals surface area contributed by atoms with E-state index in [9.17, 15) is 18.0 Å². The van der Waals surface area contributed by atoms with Gasteiger partial charge in [0.25, 0.3) is 0 Å². The lowest BCUT2D eigenvalue weighted by molar-refractivity contribution is -0.130. The number of rotatable bonds is 6. The summed E-state index contributed by atoms with van der Waals surface area (Å²) in [6.07, 6.45) is 1.21. The second kappa shape index (κ2) is 9.35. The third kappa shape index (κ3) is 4.45. The molecular weight excluding hydrogens is 442 g/mol. The van der Waals surface area contributed by atoms with Crippen molar-refractivity contribution in [3.63, 3.8) is 0 Å². The molecular formula is C20H25N3O6S2. The van der Waals surface area contributed by atoms with Crippen LogP contribution < -0.4 is 15.9 Å². The first-order chi connectivity index (χ1) is 14.8. The first-order valence-electron chi connectivity index (χ1n) is 9.70. The Kier molecular flexibility index (Phi) is 6.99. The first kappa shape index (κ1) is 23.2. The number of sulfone groups is 1. The number of benzene rings is 1. The minimum Gasteiger partial charge on any atom is -0.339 e. The zero-order chi connectivity index (χ0) is 22.6. The molecule has 31 heavy (non-hydrogen) atoms. The minimum atomic E-state index is -3.60. The molecule has 1 atom stereocenters. The van der Waals surface area contributed by atoms with Gasteiger partial charge in [-0.1, -0.05) is 18.6 Å². The van der Waals surface area contributed by atoms with E-state index in [0.717, 1.165) is 15.5 Å². The topological polar surface area (TPSA) is 125 Å². The smallest absolute Gasteiger partial charge is 0.339 e. The van der Waals surface area contributed by atoms with Crippen LogP contribution in [0.5, 0.6) is 0 Å². The van der Waals surface area contributed by atoms with Crippen LogP contribution in [0.25, 0.3) is 10.4 Å². The van der Waals surface area contributed by atoms with Crippen molar-refractivity contribution in [2.24, 2.45) is 0 Å². The van der Waals surface area contributed by atoms with Crippen molar-refractivity contribution in [1.29, 1.82) is 0 Å². The molecule has 0 bridgehead atoms. The summed E-state index contributed by atoms with van der Waals surface area (Å²) in [6, 6.07) is 10.2. The third-order valence-electron chi connectivity index (χ3n) is 5.41. The fourth-order valence-corrected chi connectivity index (χ4v) is 7.62. The van der Waals surface area contributed by atoms with Gasteiger partial charge in [-0.25, -0.2) is 18.7 Å². The molecule has 1 saturated heterocycles. The van der Waals surface area contributed by atoms with Crippen molar-refractivity contribution >= 4 is 38.8 Å². The number of hydroxylamine groups is 2. The maximum atomic E-state index is 13.1. The van der Waals surface area contributed by atoms with Crippen molar-refractivity contribution in [2.75, 3.05) is 25.0 Å². The molecule has 1 aromatic carbocycles. The summed E-state index contributed by atoms with van der Waals surface area (Å²) in [5.74, 6) is -0.729. The summed E-state index contributed by atoms with van der Waals surface area (Å²) in [7, 11) is -0.715. The largest absolute Gasteiger partial charge is 0.345 e. The number of nitrogens with zero attached hydrogens (tertiary/aromatic N) is 1. The van der Waals surface area contributed by atoms with Gasteiger partial charge in [0.1, 0.15) is 4.75 Å². The van der Waals surface area contributed by atoms with Gasteiger partial charge in [0, 0.05) is 16.8 Å². The molecule has 3 N–H and O–H groups in total. The van der Waals surface area contributed by atoms with Crippen molar-refractivity contribution in [1.82, 2.24) is 10.8 Å². The van der Waals surface area contributed by atoms with E-state index in [4.69, 9.17) is 10.0 Å². The average Bonchev–Trinajstić information content (AvgIpc) is 3.26. The molecule has 3 amide bonds. The van der Waals surface area contributed by atoms with Crippen LogP contribution in [0, 0.1) is 0 Å². The van der Waals surface area contributed by atoms with Gasteiger partial charge in [-0.2, -0.15) is 5.06 Å². The van der Waals surface area contributed by atoms with Crippen LogP contribution in [-0.2, 0) is 24.2 Å². The second-order valence-corrected chi connectivity index (χ2v) is 10.7. The molecule has 0 radical (unpaired) electrons. The monoisotopic (exact) mass is 467 g/mol. The molecule has 1 aliphatic heterocycles. The lowest BCUT2D eigenvalue weighted by atomic mass is 9.94. The van der Waals surface area contributed by atoms with Crippen LogP contribution in [0.4, 0.5) is 10.5 Å². The molecule has 0 spiro atoms. The molecule has 9 nitrogen and oxygen atoms in total. The number of anilines is 1. The van der Waals surface area contributed by atoms with Gasteiger partial charge < -0.3 is 5.32 Å². The van der Waals surface area contributed by atoms with Crippen molar-refractivity contribution in [2.45, 2.75) is 30.4 Å². The van der Waals surface area contributed by atoms with Gasteiger partial charge in [0.15, 0.2) is 9.84 Å². The maximum absolute atomic E-state index is 13.1. The van der Waals surface area contributed by atoms with Crippen LogP contribution in [0.1, 0.15) is 30.6 Å². The number of carbonyl (C=O) groups is 2. The molecule has 0 unspecified atom stereocenters. The number of amides is 3. The Morgan fingerprint density at radius 2 is 2.03 bits per heavy atom. The van der Waals surface area contributed by atoms with E-state index in [2.05, 4.69) is 5.32 Å². The summed E-state index contributed by atoms with van der Waals surface area (Å²) in [5, 5.41) is 12.6. The maximum Gasteiger partial charge on any atom is 0.345 e. The predicted octanol–water partition coefficient (Wildman–Crippen LogP) is 2.81. The molecule has 1 aromatic heterocycles. The van der Waals surface area contributed by atoms with Crippen LogP contribution >= 0.6 is 11.3 Å². The second-order valence-electron chi connectivity index (χ2n) is 7.23.